The van der Waals surface area contributed by atoms with Crippen molar-refractivity contribution >= 4 is 21.9 Å². The second-order valence-corrected chi connectivity index (χ2v) is 3.85. The maximum absolute atomic E-state index is 10.9. The van der Waals surface area contributed by atoms with Crippen LogP contribution in [0.1, 0.15) is 16.8 Å². The maximum Gasteiger partial charge on any atom is 0.339 e. The Bertz CT molecular complexity index is 355. The van der Waals surface area contributed by atoms with Crippen LogP contribution < -0.4 is 10.5 Å². The van der Waals surface area contributed by atoms with Crippen molar-refractivity contribution in [2.75, 3.05) is 13.2 Å². The zero-order valence-corrected chi connectivity index (χ0v) is 9.66. The number of benzene rings is 1. The van der Waals surface area contributed by atoms with Crippen LogP contribution in [0.25, 0.3) is 0 Å². The zero-order chi connectivity index (χ0) is 11.3. The van der Waals surface area contributed by atoms with Gasteiger partial charge in [-0.2, -0.15) is 0 Å². The van der Waals surface area contributed by atoms with Crippen LogP contribution in [0.5, 0.6) is 5.75 Å². The van der Waals surface area contributed by atoms with Gasteiger partial charge in [0.05, 0.1) is 6.61 Å². The molecule has 1 aromatic rings. The van der Waals surface area contributed by atoms with E-state index in [1.165, 1.54) is 6.07 Å². The maximum atomic E-state index is 10.9. The first-order valence-electron chi connectivity index (χ1n) is 4.51. The summed E-state index contributed by atoms with van der Waals surface area (Å²) in [6.45, 7) is 0.956. The molecular weight excluding hydrogens is 262 g/mol. The van der Waals surface area contributed by atoms with E-state index in [1.807, 2.05) is 0 Å². The summed E-state index contributed by atoms with van der Waals surface area (Å²) in [4.78, 5) is 10.9. The van der Waals surface area contributed by atoms with Crippen molar-refractivity contribution in [3.8, 4) is 5.75 Å². The molecular formula is C10H12BrNO3. The molecule has 0 bridgehead atoms. The van der Waals surface area contributed by atoms with Crippen LogP contribution >= 0.6 is 15.9 Å². The smallest absolute Gasteiger partial charge is 0.339 e. The van der Waals surface area contributed by atoms with Crippen molar-refractivity contribution in [1.29, 1.82) is 0 Å². The summed E-state index contributed by atoms with van der Waals surface area (Å²) in [6, 6.07) is 4.88. The Labute approximate surface area is 96.2 Å². The van der Waals surface area contributed by atoms with Gasteiger partial charge in [0.1, 0.15) is 11.3 Å². The number of hydrogen-bond acceptors (Lipinski definition) is 3. The lowest BCUT2D eigenvalue weighted by Crippen LogP contribution is -2.08. The fourth-order valence-electron chi connectivity index (χ4n) is 1.06. The quantitative estimate of drug-likeness (QED) is 0.804. The van der Waals surface area contributed by atoms with E-state index in [1.54, 1.807) is 12.1 Å². The molecule has 0 spiro atoms. The van der Waals surface area contributed by atoms with Crippen LogP contribution in [-0.2, 0) is 0 Å². The monoisotopic (exact) mass is 273 g/mol. The van der Waals surface area contributed by atoms with Gasteiger partial charge in [-0.1, -0.05) is 15.9 Å². The highest BCUT2D eigenvalue weighted by molar-refractivity contribution is 9.10. The second kappa shape index (κ2) is 5.72. The van der Waals surface area contributed by atoms with Gasteiger partial charge in [-0.05, 0) is 31.2 Å². The van der Waals surface area contributed by atoms with Crippen LogP contribution in [0.15, 0.2) is 22.7 Å². The Morgan fingerprint density at radius 2 is 2.27 bits per heavy atom. The number of carbonyl (C=O) groups is 1. The van der Waals surface area contributed by atoms with Crippen LogP contribution in [-0.4, -0.2) is 24.2 Å². The average Bonchev–Trinajstić information content (AvgIpc) is 2.20. The van der Waals surface area contributed by atoms with Crippen molar-refractivity contribution in [2.45, 2.75) is 6.42 Å². The van der Waals surface area contributed by atoms with Gasteiger partial charge in [0.25, 0.3) is 0 Å². The predicted octanol–water partition coefficient (Wildman–Crippen LogP) is 1.87. The fraction of sp³-hybridized carbons (Fsp3) is 0.300. The summed E-state index contributed by atoms with van der Waals surface area (Å²) >= 11 is 3.21. The number of carboxylic acids is 1. The molecule has 1 rings (SSSR count). The summed E-state index contributed by atoms with van der Waals surface area (Å²) in [5.41, 5.74) is 5.46. The third-order valence-electron chi connectivity index (χ3n) is 1.78. The highest BCUT2D eigenvalue weighted by Crippen LogP contribution is 2.23. The van der Waals surface area contributed by atoms with E-state index in [-0.39, 0.29) is 5.56 Å². The molecule has 0 heterocycles. The van der Waals surface area contributed by atoms with E-state index in [9.17, 15) is 4.79 Å². The van der Waals surface area contributed by atoms with E-state index in [2.05, 4.69) is 15.9 Å². The molecule has 1 aromatic carbocycles. The van der Waals surface area contributed by atoms with E-state index in [4.69, 9.17) is 15.6 Å². The molecule has 5 heteroatoms. The zero-order valence-electron chi connectivity index (χ0n) is 8.07. The molecule has 15 heavy (non-hydrogen) atoms. The van der Waals surface area contributed by atoms with E-state index in [0.717, 1.165) is 0 Å². The van der Waals surface area contributed by atoms with E-state index >= 15 is 0 Å². The van der Waals surface area contributed by atoms with Gasteiger partial charge >= 0.3 is 5.97 Å². The van der Waals surface area contributed by atoms with Crippen molar-refractivity contribution in [1.82, 2.24) is 0 Å². The number of hydrogen-bond donors (Lipinski definition) is 2. The van der Waals surface area contributed by atoms with Gasteiger partial charge in [0.15, 0.2) is 0 Å². The van der Waals surface area contributed by atoms with Crippen LogP contribution in [0, 0.1) is 0 Å². The minimum atomic E-state index is -1.00. The lowest BCUT2D eigenvalue weighted by atomic mass is 10.2. The highest BCUT2D eigenvalue weighted by atomic mass is 79.9. The summed E-state index contributed by atoms with van der Waals surface area (Å²) in [7, 11) is 0. The molecule has 4 nitrogen and oxygen atoms in total. The second-order valence-electron chi connectivity index (χ2n) is 2.94. The SMILES string of the molecule is NCCCOc1ccc(Br)cc1C(=O)O. The predicted molar refractivity (Wildman–Crippen MR) is 60.3 cm³/mol. The Morgan fingerprint density at radius 3 is 2.87 bits per heavy atom. The molecule has 0 aliphatic carbocycles. The highest BCUT2D eigenvalue weighted by Gasteiger charge is 2.11. The van der Waals surface area contributed by atoms with Crippen molar-refractivity contribution in [3.05, 3.63) is 28.2 Å². The van der Waals surface area contributed by atoms with Crippen molar-refractivity contribution in [2.24, 2.45) is 5.73 Å². The number of halogens is 1. The van der Waals surface area contributed by atoms with Gasteiger partial charge < -0.3 is 15.6 Å². The Balaban J connectivity index is 2.81. The van der Waals surface area contributed by atoms with Crippen LogP contribution in [0.4, 0.5) is 0 Å². The summed E-state index contributed by atoms with van der Waals surface area (Å²) in [6.07, 6.45) is 0.703. The third kappa shape index (κ3) is 3.53. The topological polar surface area (TPSA) is 72.5 Å². The first-order chi connectivity index (χ1) is 7.15. The minimum absolute atomic E-state index is 0.154. The van der Waals surface area contributed by atoms with Gasteiger partial charge in [-0.3, -0.25) is 0 Å². The Kier molecular flexibility index (Phi) is 4.58. The summed E-state index contributed by atoms with van der Waals surface area (Å²) in [5, 5.41) is 8.92. The number of rotatable bonds is 5. The van der Waals surface area contributed by atoms with E-state index < -0.39 is 5.97 Å². The Hall–Kier alpha value is -1.07. The molecule has 0 aromatic heterocycles. The van der Waals surface area contributed by atoms with Crippen LogP contribution in [0.3, 0.4) is 0 Å². The molecule has 0 saturated carbocycles. The molecule has 0 aliphatic rings. The Morgan fingerprint density at radius 1 is 1.53 bits per heavy atom. The largest absolute Gasteiger partial charge is 0.493 e. The van der Waals surface area contributed by atoms with Gasteiger partial charge in [0, 0.05) is 4.47 Å². The van der Waals surface area contributed by atoms with E-state index in [0.29, 0.717) is 29.8 Å². The van der Waals surface area contributed by atoms with Gasteiger partial charge in [0.2, 0.25) is 0 Å². The number of carboxylic acid groups (broad SMARTS) is 1. The standard InChI is InChI=1S/C10H12BrNO3/c11-7-2-3-9(15-5-1-4-12)8(6-7)10(13)14/h2-3,6H,1,4-5,12H2,(H,13,14). The molecule has 0 atom stereocenters. The third-order valence-corrected chi connectivity index (χ3v) is 2.27. The molecule has 0 aliphatic heterocycles. The molecule has 0 unspecified atom stereocenters. The van der Waals surface area contributed by atoms with Crippen molar-refractivity contribution in [3.63, 3.8) is 0 Å². The van der Waals surface area contributed by atoms with Crippen LogP contribution in [0.2, 0.25) is 0 Å². The minimum Gasteiger partial charge on any atom is -0.493 e. The molecule has 0 amide bonds. The van der Waals surface area contributed by atoms with Crippen molar-refractivity contribution < 1.29 is 14.6 Å². The molecule has 0 fully saturated rings. The molecule has 0 radical (unpaired) electrons. The number of ether oxygens (including phenoxy) is 1. The number of nitrogens with two attached hydrogens (primary N) is 1. The molecule has 82 valence electrons. The summed E-state index contributed by atoms with van der Waals surface area (Å²) < 4.78 is 6.03. The molecule has 0 saturated heterocycles. The van der Waals surface area contributed by atoms with Gasteiger partial charge in [-0.25, -0.2) is 4.79 Å². The number of aromatic carboxylic acids is 1. The summed E-state index contributed by atoms with van der Waals surface area (Å²) in [5.74, 6) is -0.627. The normalized spacial score (nSPS) is 10.0. The lowest BCUT2D eigenvalue weighted by Gasteiger charge is -2.08. The fourth-order valence-corrected chi connectivity index (χ4v) is 1.42. The lowest BCUT2D eigenvalue weighted by molar-refractivity contribution is 0.0692. The van der Waals surface area contributed by atoms with Gasteiger partial charge in [-0.15, -0.1) is 0 Å². The first-order valence-corrected chi connectivity index (χ1v) is 5.30. The average molecular weight is 274 g/mol. The first kappa shape index (κ1) is 12.0. The molecule has 3 N–H and O–H groups in total.